The Balaban J connectivity index is 0.000000478. The van der Waals surface area contributed by atoms with E-state index in [9.17, 15) is 0 Å². The molecule has 0 aliphatic carbocycles. The number of nitrogens with zero attached hydrogens (tertiary/aromatic N) is 2. The maximum Gasteiger partial charge on any atom is 0.0678 e. The van der Waals surface area contributed by atoms with Crippen molar-refractivity contribution in [3.8, 4) is 0 Å². The molecule has 0 spiro atoms. The lowest BCUT2D eigenvalue weighted by atomic mass is 10.2. The molecule has 0 bridgehead atoms. The third-order valence-corrected chi connectivity index (χ3v) is 4.44. The van der Waals surface area contributed by atoms with E-state index in [0.29, 0.717) is 24.4 Å². The van der Waals surface area contributed by atoms with Gasteiger partial charge in [0.25, 0.3) is 0 Å². The first-order chi connectivity index (χ1) is 13.4. The second-order valence-electron chi connectivity index (χ2n) is 7.62. The second kappa shape index (κ2) is 17.4. The molecule has 3 atom stereocenters. The first-order valence-electron chi connectivity index (χ1n) is 10.8. The summed E-state index contributed by atoms with van der Waals surface area (Å²) in [6.45, 7) is 28.1. The van der Waals surface area contributed by atoms with Crippen molar-refractivity contribution in [2.45, 2.75) is 66.0 Å². The molecule has 0 aromatic rings. The van der Waals surface area contributed by atoms with Gasteiger partial charge in [0.2, 0.25) is 0 Å². The average Bonchev–Trinajstić information content (AvgIpc) is 2.63. The third kappa shape index (κ3) is 14.5. The highest BCUT2D eigenvalue weighted by Gasteiger charge is 2.21. The molecule has 2 fully saturated rings. The molecule has 6 heteroatoms. The lowest BCUT2D eigenvalue weighted by Crippen LogP contribution is -2.46. The van der Waals surface area contributed by atoms with Gasteiger partial charge in [-0.25, -0.2) is 0 Å². The normalized spacial score (nSPS) is 26.2. The third-order valence-electron chi connectivity index (χ3n) is 4.44. The van der Waals surface area contributed by atoms with E-state index in [0.717, 1.165) is 65.7 Å². The van der Waals surface area contributed by atoms with Crippen LogP contribution in [0, 0.1) is 0 Å². The van der Waals surface area contributed by atoms with E-state index in [-0.39, 0.29) is 0 Å². The molecule has 0 aromatic heterocycles. The van der Waals surface area contributed by atoms with Crippen LogP contribution in [0.25, 0.3) is 0 Å². The van der Waals surface area contributed by atoms with E-state index in [1.807, 2.05) is 6.92 Å². The predicted octanol–water partition coefficient (Wildman–Crippen LogP) is 3.07. The smallest absolute Gasteiger partial charge is 0.0678 e. The molecule has 0 radical (unpaired) electrons. The molecular weight excluding hydrogens is 356 g/mol. The van der Waals surface area contributed by atoms with Crippen LogP contribution >= 0.6 is 0 Å². The van der Waals surface area contributed by atoms with Crippen LogP contribution in [-0.4, -0.2) is 99.9 Å². The molecular formula is C22H46N2O4. The minimum absolute atomic E-state index is 0.346. The van der Waals surface area contributed by atoms with Crippen LogP contribution in [0.3, 0.4) is 0 Å². The van der Waals surface area contributed by atoms with E-state index in [1.165, 1.54) is 0 Å². The largest absolute Gasteiger partial charge is 0.380 e. The Bertz CT molecular complexity index is 347. The number of morpholine rings is 2. The van der Waals surface area contributed by atoms with Gasteiger partial charge in [0.1, 0.15) is 0 Å². The van der Waals surface area contributed by atoms with Crippen molar-refractivity contribution in [3.63, 3.8) is 0 Å². The number of hydrogen-bond acceptors (Lipinski definition) is 6. The molecule has 28 heavy (non-hydrogen) atoms. The minimum atomic E-state index is 0.346. The summed E-state index contributed by atoms with van der Waals surface area (Å²) in [6.07, 6.45) is 1.46. The Kier molecular flexibility index (Phi) is 17.1. The van der Waals surface area contributed by atoms with Gasteiger partial charge in [0.15, 0.2) is 0 Å². The SMILES string of the molecule is C=C.CC(C)OCCN1CCO[C@@H](C)C1.CCOCCN1CC(C)OC(C)C1. The quantitative estimate of drug-likeness (QED) is 0.459. The van der Waals surface area contributed by atoms with E-state index >= 15 is 0 Å². The summed E-state index contributed by atoms with van der Waals surface area (Å²) in [5, 5.41) is 0. The topological polar surface area (TPSA) is 43.4 Å². The van der Waals surface area contributed by atoms with Crippen molar-refractivity contribution in [2.75, 3.05) is 65.7 Å². The van der Waals surface area contributed by atoms with Gasteiger partial charge in [0.05, 0.1) is 44.2 Å². The Morgan fingerprint density at radius 1 is 0.929 bits per heavy atom. The summed E-state index contributed by atoms with van der Waals surface area (Å²) in [6, 6.07) is 0. The summed E-state index contributed by atoms with van der Waals surface area (Å²) < 4.78 is 21.9. The van der Waals surface area contributed by atoms with Crippen molar-refractivity contribution in [3.05, 3.63) is 13.2 Å². The van der Waals surface area contributed by atoms with Gasteiger partial charge in [-0.3, -0.25) is 9.80 Å². The standard InChI is InChI=1S/2C10H21NO2.C2H4/c1-9(2)12-6-4-11-5-7-13-10(3)8-11;1-4-12-6-5-11-7-9(2)13-10(3)8-11;1-2/h2*9-10H,4-8H2,1-3H3;1-2H2/t10-;;/m0../s1. The number of ether oxygens (including phenoxy) is 4. The summed E-state index contributed by atoms with van der Waals surface area (Å²) in [4.78, 5) is 4.81. The van der Waals surface area contributed by atoms with Crippen molar-refractivity contribution in [1.29, 1.82) is 0 Å². The zero-order valence-electron chi connectivity index (χ0n) is 19.3. The monoisotopic (exact) mass is 402 g/mol. The van der Waals surface area contributed by atoms with Crippen molar-refractivity contribution in [1.82, 2.24) is 9.80 Å². The van der Waals surface area contributed by atoms with Crippen molar-refractivity contribution >= 4 is 0 Å². The zero-order chi connectivity index (χ0) is 21.4. The Morgan fingerprint density at radius 3 is 2.04 bits per heavy atom. The van der Waals surface area contributed by atoms with Crippen LogP contribution in [0.4, 0.5) is 0 Å². The van der Waals surface area contributed by atoms with E-state index < -0.39 is 0 Å². The molecule has 2 heterocycles. The van der Waals surface area contributed by atoms with E-state index in [4.69, 9.17) is 18.9 Å². The van der Waals surface area contributed by atoms with Gasteiger partial charge in [0, 0.05) is 45.9 Å². The molecule has 168 valence electrons. The van der Waals surface area contributed by atoms with Crippen LogP contribution in [0.5, 0.6) is 0 Å². The second-order valence-corrected chi connectivity index (χ2v) is 7.62. The van der Waals surface area contributed by atoms with Crippen LogP contribution in [0.2, 0.25) is 0 Å². The summed E-state index contributed by atoms with van der Waals surface area (Å²) >= 11 is 0. The number of rotatable bonds is 8. The van der Waals surface area contributed by atoms with Gasteiger partial charge < -0.3 is 18.9 Å². The summed E-state index contributed by atoms with van der Waals surface area (Å²) in [7, 11) is 0. The highest BCUT2D eigenvalue weighted by Crippen LogP contribution is 2.09. The lowest BCUT2D eigenvalue weighted by Gasteiger charge is -2.35. The van der Waals surface area contributed by atoms with Gasteiger partial charge in [-0.05, 0) is 41.5 Å². The first-order valence-corrected chi connectivity index (χ1v) is 10.8. The van der Waals surface area contributed by atoms with Crippen LogP contribution in [0.15, 0.2) is 13.2 Å². The predicted molar refractivity (Wildman–Crippen MR) is 117 cm³/mol. The number of hydrogen-bond donors (Lipinski definition) is 0. The molecule has 2 rings (SSSR count). The molecule has 0 amide bonds. The van der Waals surface area contributed by atoms with E-state index in [1.54, 1.807) is 0 Å². The summed E-state index contributed by atoms with van der Waals surface area (Å²) in [5.74, 6) is 0. The average molecular weight is 403 g/mol. The molecule has 2 aliphatic heterocycles. The highest BCUT2D eigenvalue weighted by molar-refractivity contribution is 4.72. The fourth-order valence-electron chi connectivity index (χ4n) is 3.32. The molecule has 2 unspecified atom stereocenters. The molecule has 0 aromatic carbocycles. The van der Waals surface area contributed by atoms with Crippen LogP contribution in [-0.2, 0) is 18.9 Å². The maximum atomic E-state index is 5.64. The fourth-order valence-corrected chi connectivity index (χ4v) is 3.32. The Labute approximate surface area is 174 Å². The zero-order valence-corrected chi connectivity index (χ0v) is 19.3. The molecule has 6 nitrogen and oxygen atoms in total. The molecule has 2 saturated heterocycles. The molecule has 0 saturated carbocycles. The van der Waals surface area contributed by atoms with Gasteiger partial charge >= 0.3 is 0 Å². The van der Waals surface area contributed by atoms with Crippen molar-refractivity contribution in [2.24, 2.45) is 0 Å². The minimum Gasteiger partial charge on any atom is -0.380 e. The first kappa shape index (κ1) is 27.5. The van der Waals surface area contributed by atoms with Crippen molar-refractivity contribution < 1.29 is 18.9 Å². The molecule has 2 aliphatic rings. The maximum absolute atomic E-state index is 5.64. The van der Waals surface area contributed by atoms with Gasteiger partial charge in [-0.15, -0.1) is 13.2 Å². The van der Waals surface area contributed by atoms with Gasteiger partial charge in [-0.1, -0.05) is 0 Å². The van der Waals surface area contributed by atoms with Crippen LogP contribution in [0.1, 0.15) is 41.5 Å². The van der Waals surface area contributed by atoms with Gasteiger partial charge in [-0.2, -0.15) is 0 Å². The lowest BCUT2D eigenvalue weighted by molar-refractivity contribution is -0.0727. The molecule has 0 N–H and O–H groups in total. The van der Waals surface area contributed by atoms with E-state index in [2.05, 4.69) is 57.6 Å². The highest BCUT2D eigenvalue weighted by atomic mass is 16.5. The Morgan fingerprint density at radius 2 is 1.50 bits per heavy atom. The summed E-state index contributed by atoms with van der Waals surface area (Å²) in [5.41, 5.74) is 0. The Hall–Kier alpha value is -0.500. The fraction of sp³-hybridized carbons (Fsp3) is 0.909. The van der Waals surface area contributed by atoms with Crippen LogP contribution < -0.4 is 0 Å².